The van der Waals surface area contributed by atoms with Gasteiger partial charge in [-0.25, -0.2) is 4.85 Å². The molecule has 2 heterocycles. The maximum atomic E-state index is 11.9. The molecule has 24 heavy (non-hydrogen) atoms. The summed E-state index contributed by atoms with van der Waals surface area (Å²) in [5, 5.41) is 9.68. The molecule has 1 aromatic heterocycles. The summed E-state index contributed by atoms with van der Waals surface area (Å²) in [5.74, 6) is -0.552. The van der Waals surface area contributed by atoms with E-state index in [0.717, 1.165) is 5.00 Å². The lowest BCUT2D eigenvalue weighted by Gasteiger charge is -2.28. The first-order valence-electron chi connectivity index (χ1n) is 7.33. The van der Waals surface area contributed by atoms with Crippen molar-refractivity contribution in [2.75, 3.05) is 31.2 Å². The van der Waals surface area contributed by atoms with E-state index in [4.69, 9.17) is 22.3 Å². The number of nitrogens with zero attached hydrogens (tertiary/aromatic N) is 3. The highest BCUT2D eigenvalue weighted by Gasteiger charge is 2.26. The summed E-state index contributed by atoms with van der Waals surface area (Å²) >= 11 is 1.25. The first-order valence-corrected chi connectivity index (χ1v) is 8.14. The fourth-order valence-corrected chi connectivity index (χ4v) is 3.81. The zero-order valence-corrected chi connectivity index (χ0v) is 13.6. The number of rotatable bonds is 3. The van der Waals surface area contributed by atoms with E-state index < -0.39 is 5.91 Å². The third-order valence-electron chi connectivity index (χ3n) is 3.80. The Labute approximate surface area is 143 Å². The molecule has 0 aliphatic carbocycles. The second kappa shape index (κ2) is 6.71. The van der Waals surface area contributed by atoms with Gasteiger partial charge >= 0.3 is 0 Å². The van der Waals surface area contributed by atoms with Crippen molar-refractivity contribution < 1.29 is 9.53 Å². The van der Waals surface area contributed by atoms with Gasteiger partial charge in [0.05, 0.1) is 41.3 Å². The van der Waals surface area contributed by atoms with Crippen molar-refractivity contribution in [3.05, 3.63) is 46.1 Å². The van der Waals surface area contributed by atoms with Crippen LogP contribution in [0.2, 0.25) is 0 Å². The quantitative estimate of drug-likeness (QED) is 0.872. The van der Waals surface area contributed by atoms with Gasteiger partial charge in [0, 0.05) is 18.7 Å². The highest BCUT2D eigenvalue weighted by Crippen LogP contribution is 2.48. The summed E-state index contributed by atoms with van der Waals surface area (Å²) in [6.07, 6.45) is 0. The van der Waals surface area contributed by atoms with Crippen molar-refractivity contribution in [1.29, 1.82) is 5.26 Å². The van der Waals surface area contributed by atoms with Crippen molar-refractivity contribution in [1.82, 2.24) is 0 Å². The molecule has 6 nitrogen and oxygen atoms in total. The van der Waals surface area contributed by atoms with Crippen LogP contribution in [0.3, 0.4) is 0 Å². The number of nitrogens with two attached hydrogens (primary N) is 1. The van der Waals surface area contributed by atoms with E-state index in [-0.39, 0.29) is 0 Å². The van der Waals surface area contributed by atoms with Gasteiger partial charge in [0.25, 0.3) is 5.91 Å². The Morgan fingerprint density at radius 1 is 1.33 bits per heavy atom. The smallest absolute Gasteiger partial charge is 0.258 e. The molecule has 7 heteroatoms. The van der Waals surface area contributed by atoms with E-state index in [0.29, 0.717) is 53.6 Å². The summed E-state index contributed by atoms with van der Waals surface area (Å²) < 4.78 is 5.35. The third kappa shape index (κ3) is 2.83. The van der Waals surface area contributed by atoms with Crippen LogP contribution in [-0.2, 0) is 4.74 Å². The molecule has 0 unspecified atom stereocenters. The average molecular weight is 338 g/mol. The molecule has 2 aromatic rings. The molecule has 1 saturated heterocycles. The Morgan fingerprint density at radius 3 is 2.54 bits per heavy atom. The van der Waals surface area contributed by atoms with Crippen molar-refractivity contribution in [3.63, 3.8) is 0 Å². The van der Waals surface area contributed by atoms with Crippen LogP contribution in [0, 0.1) is 17.9 Å². The molecule has 1 amide bonds. The molecule has 1 fully saturated rings. The van der Waals surface area contributed by atoms with E-state index in [2.05, 4.69) is 15.8 Å². The first kappa shape index (κ1) is 16.0. The second-order valence-electron chi connectivity index (χ2n) is 5.22. The van der Waals surface area contributed by atoms with Gasteiger partial charge in [-0.3, -0.25) is 4.79 Å². The van der Waals surface area contributed by atoms with Crippen molar-refractivity contribution in [2.24, 2.45) is 5.73 Å². The molecule has 1 aromatic carbocycles. The number of benzene rings is 1. The minimum absolute atomic E-state index is 0.368. The normalized spacial score (nSPS) is 14.0. The van der Waals surface area contributed by atoms with Crippen LogP contribution in [0.15, 0.2) is 24.3 Å². The van der Waals surface area contributed by atoms with Crippen LogP contribution in [0.4, 0.5) is 10.7 Å². The molecule has 0 spiro atoms. The predicted octanol–water partition coefficient (Wildman–Crippen LogP) is 2.77. The van der Waals surface area contributed by atoms with Gasteiger partial charge < -0.3 is 15.4 Å². The minimum atomic E-state index is -0.552. The second-order valence-corrected chi connectivity index (χ2v) is 6.22. The molecular formula is C17H14N4O2S. The number of hydrogen-bond donors (Lipinski definition) is 1. The van der Waals surface area contributed by atoms with Crippen LogP contribution >= 0.6 is 11.3 Å². The molecule has 0 atom stereocenters. The molecular weight excluding hydrogens is 324 g/mol. The number of hydrogen-bond acceptors (Lipinski definition) is 5. The number of nitriles is 1. The number of anilines is 1. The van der Waals surface area contributed by atoms with Gasteiger partial charge in [-0.15, -0.1) is 11.3 Å². The summed E-state index contributed by atoms with van der Waals surface area (Å²) in [4.78, 5) is 18.0. The van der Waals surface area contributed by atoms with Gasteiger partial charge in [0.15, 0.2) is 0 Å². The zero-order valence-electron chi connectivity index (χ0n) is 12.8. The monoisotopic (exact) mass is 338 g/mol. The van der Waals surface area contributed by atoms with Crippen molar-refractivity contribution >= 4 is 27.9 Å². The lowest BCUT2D eigenvalue weighted by molar-refractivity contribution is 0.100. The Balaban J connectivity index is 2.16. The van der Waals surface area contributed by atoms with Crippen molar-refractivity contribution in [2.45, 2.75) is 0 Å². The van der Waals surface area contributed by atoms with Crippen LogP contribution < -0.4 is 10.6 Å². The number of thiophene rings is 1. The predicted molar refractivity (Wildman–Crippen MR) is 92.3 cm³/mol. The Hall–Kier alpha value is -2.87. The van der Waals surface area contributed by atoms with E-state index in [9.17, 15) is 4.79 Å². The summed E-state index contributed by atoms with van der Waals surface area (Å²) in [5.41, 5.74) is 7.76. The molecule has 3 rings (SSSR count). The topological polar surface area (TPSA) is 83.7 Å². The maximum absolute atomic E-state index is 11.9. The van der Waals surface area contributed by atoms with E-state index in [1.807, 2.05) is 0 Å². The first-order chi connectivity index (χ1) is 11.7. The number of carbonyl (C=O) groups excluding carboxylic acids is 1. The Morgan fingerprint density at radius 2 is 2.00 bits per heavy atom. The molecule has 1 aliphatic rings. The fourth-order valence-electron chi connectivity index (χ4n) is 2.65. The van der Waals surface area contributed by atoms with Gasteiger partial charge in [-0.1, -0.05) is 12.1 Å². The number of amides is 1. The van der Waals surface area contributed by atoms with Gasteiger partial charge in [0.2, 0.25) is 5.69 Å². The fraction of sp³-hybridized carbons (Fsp3) is 0.235. The summed E-state index contributed by atoms with van der Waals surface area (Å²) in [7, 11) is 0. The lowest BCUT2D eigenvalue weighted by Crippen LogP contribution is -2.35. The molecule has 2 N–H and O–H groups in total. The highest BCUT2D eigenvalue weighted by atomic mass is 32.1. The summed E-state index contributed by atoms with van der Waals surface area (Å²) in [6.45, 7) is 10.1. The van der Waals surface area contributed by atoms with Crippen LogP contribution in [0.25, 0.3) is 16.0 Å². The number of morpholine rings is 1. The van der Waals surface area contributed by atoms with Gasteiger partial charge in [0.1, 0.15) is 0 Å². The summed E-state index contributed by atoms with van der Waals surface area (Å²) in [6, 6.07) is 8.87. The van der Waals surface area contributed by atoms with Gasteiger partial charge in [-0.05, 0) is 17.7 Å². The molecule has 1 aliphatic heterocycles. The van der Waals surface area contributed by atoms with E-state index in [1.54, 1.807) is 24.3 Å². The Bertz CT molecular complexity index is 852. The maximum Gasteiger partial charge on any atom is 0.258 e. The van der Waals surface area contributed by atoms with Gasteiger partial charge in [-0.2, -0.15) is 5.26 Å². The standard InChI is InChI=1S/C17H14N4O2S/c1-20-14-13(12-4-2-11(10-18)3-5-12)15(16(19)22)24-17(14)21-6-8-23-9-7-21/h2-5H,6-9H2,(H2,19,22). The largest absolute Gasteiger partial charge is 0.378 e. The molecule has 0 bridgehead atoms. The molecule has 120 valence electrons. The zero-order chi connectivity index (χ0) is 17.1. The van der Waals surface area contributed by atoms with Crippen LogP contribution in [-0.4, -0.2) is 32.2 Å². The minimum Gasteiger partial charge on any atom is -0.378 e. The number of carbonyl (C=O) groups is 1. The van der Waals surface area contributed by atoms with Crippen molar-refractivity contribution in [3.8, 4) is 17.2 Å². The molecule has 0 radical (unpaired) electrons. The Kier molecular flexibility index (Phi) is 4.48. The van der Waals surface area contributed by atoms with Crippen LogP contribution in [0.1, 0.15) is 15.2 Å². The van der Waals surface area contributed by atoms with E-state index >= 15 is 0 Å². The number of primary amides is 1. The highest BCUT2D eigenvalue weighted by molar-refractivity contribution is 7.19. The third-order valence-corrected chi connectivity index (χ3v) is 5.06. The van der Waals surface area contributed by atoms with E-state index in [1.165, 1.54) is 11.3 Å². The number of ether oxygens (including phenoxy) is 1. The SMILES string of the molecule is [C-]#[N+]c1c(N2CCOCC2)sc(C(N)=O)c1-c1ccc(C#N)cc1. The van der Waals surface area contributed by atoms with Crippen LogP contribution in [0.5, 0.6) is 0 Å². The molecule has 0 saturated carbocycles. The average Bonchev–Trinajstić information content (AvgIpc) is 3.02. The lowest BCUT2D eigenvalue weighted by atomic mass is 10.0.